The molecule has 1 N–H and O–H groups in total. The van der Waals surface area contributed by atoms with E-state index in [-0.39, 0.29) is 5.82 Å². The highest BCUT2D eigenvalue weighted by atomic mass is 19.1. The Morgan fingerprint density at radius 3 is 2.27 bits per heavy atom. The van der Waals surface area contributed by atoms with Gasteiger partial charge in [0.25, 0.3) is 0 Å². The first kappa shape index (κ1) is 16.2. The normalized spacial score (nSPS) is 10.9. The summed E-state index contributed by atoms with van der Waals surface area (Å²) in [5.41, 5.74) is 4.44. The lowest BCUT2D eigenvalue weighted by Crippen LogP contribution is -2.00. The molecule has 0 saturated carbocycles. The third kappa shape index (κ3) is 3.14. The fraction of sp³-hybridized carbons (Fsp3) is 0.0909. The maximum Gasteiger partial charge on any atom is 0.165 e. The lowest BCUT2D eigenvalue weighted by atomic mass is 10.1. The number of halogens is 1. The van der Waals surface area contributed by atoms with Crippen LogP contribution in [0.4, 0.5) is 15.9 Å². The Labute approximate surface area is 151 Å². The highest BCUT2D eigenvalue weighted by molar-refractivity contribution is 5.92. The van der Waals surface area contributed by atoms with E-state index in [1.807, 2.05) is 24.3 Å². The summed E-state index contributed by atoms with van der Waals surface area (Å²) in [5.74, 6) is 0.702. The number of anilines is 2. The molecule has 3 nitrogen and oxygen atoms in total. The number of aromatic nitrogens is 2. The molecule has 1 heterocycles. The van der Waals surface area contributed by atoms with Crippen LogP contribution in [-0.2, 0) is 0 Å². The van der Waals surface area contributed by atoms with Crippen LogP contribution in [0.3, 0.4) is 0 Å². The van der Waals surface area contributed by atoms with E-state index in [4.69, 9.17) is 0 Å². The van der Waals surface area contributed by atoms with Gasteiger partial charge in [0.2, 0.25) is 0 Å². The number of rotatable bonds is 3. The van der Waals surface area contributed by atoms with E-state index in [1.165, 1.54) is 17.2 Å². The molecule has 0 bridgehead atoms. The summed E-state index contributed by atoms with van der Waals surface area (Å²) in [6.07, 6.45) is 0. The Morgan fingerprint density at radius 1 is 0.808 bits per heavy atom. The highest BCUT2D eigenvalue weighted by Crippen LogP contribution is 2.28. The number of nitrogens with zero attached hydrogens (tertiary/aromatic N) is 2. The molecule has 0 aliphatic heterocycles. The van der Waals surface area contributed by atoms with Gasteiger partial charge in [-0.25, -0.2) is 14.4 Å². The van der Waals surface area contributed by atoms with Crippen LogP contribution in [0.2, 0.25) is 0 Å². The van der Waals surface area contributed by atoms with Crippen LogP contribution < -0.4 is 5.32 Å². The molecular weight excluding hydrogens is 325 g/mol. The number of fused-ring (bicyclic) bond motifs is 1. The molecule has 0 radical (unpaired) electrons. The van der Waals surface area contributed by atoms with Crippen molar-refractivity contribution < 1.29 is 4.39 Å². The van der Waals surface area contributed by atoms with Gasteiger partial charge in [0.05, 0.1) is 11.1 Å². The molecule has 4 heteroatoms. The summed E-state index contributed by atoms with van der Waals surface area (Å²) in [6, 6.07) is 20.5. The second kappa shape index (κ2) is 6.56. The molecule has 4 rings (SSSR count). The van der Waals surface area contributed by atoms with Crippen LogP contribution in [0.15, 0.2) is 66.7 Å². The van der Waals surface area contributed by atoms with Gasteiger partial charge in [-0.1, -0.05) is 30.3 Å². The lowest BCUT2D eigenvalue weighted by molar-refractivity contribution is 0.630. The SMILES string of the molecule is Cc1cc(C)cc(Nc2nc(-c3ccccc3F)nc3ccccc23)c1. The fourth-order valence-corrected chi connectivity index (χ4v) is 3.12. The Kier molecular flexibility index (Phi) is 4.09. The summed E-state index contributed by atoms with van der Waals surface area (Å²) in [7, 11) is 0. The molecule has 128 valence electrons. The first-order chi connectivity index (χ1) is 12.6. The Hall–Kier alpha value is -3.27. The van der Waals surface area contributed by atoms with Crippen LogP contribution in [0.25, 0.3) is 22.3 Å². The third-order valence-corrected chi connectivity index (χ3v) is 4.20. The Bertz CT molecular complexity index is 1090. The predicted octanol–water partition coefficient (Wildman–Crippen LogP) is 5.80. The van der Waals surface area contributed by atoms with Gasteiger partial charge in [0.15, 0.2) is 5.82 Å². The zero-order valence-corrected chi connectivity index (χ0v) is 14.6. The van der Waals surface area contributed by atoms with Gasteiger partial charge in [-0.3, -0.25) is 0 Å². The zero-order chi connectivity index (χ0) is 18.1. The molecule has 0 amide bonds. The van der Waals surface area contributed by atoms with Crippen molar-refractivity contribution in [2.24, 2.45) is 0 Å². The molecule has 3 aromatic carbocycles. The molecule has 0 saturated heterocycles. The molecule has 4 aromatic rings. The number of aryl methyl sites for hydroxylation is 2. The second-order valence-electron chi connectivity index (χ2n) is 6.39. The van der Waals surface area contributed by atoms with Crippen LogP contribution >= 0.6 is 0 Å². The van der Waals surface area contributed by atoms with Crippen LogP contribution in [0.1, 0.15) is 11.1 Å². The van der Waals surface area contributed by atoms with Gasteiger partial charge < -0.3 is 5.32 Å². The van der Waals surface area contributed by atoms with Gasteiger partial charge in [0.1, 0.15) is 11.6 Å². The van der Waals surface area contributed by atoms with Crippen molar-refractivity contribution in [3.63, 3.8) is 0 Å². The summed E-state index contributed by atoms with van der Waals surface area (Å²) in [4.78, 5) is 9.18. The smallest absolute Gasteiger partial charge is 0.165 e. The Morgan fingerprint density at radius 2 is 1.50 bits per heavy atom. The van der Waals surface area contributed by atoms with Crippen LogP contribution in [0, 0.1) is 19.7 Å². The number of hydrogen-bond acceptors (Lipinski definition) is 3. The van der Waals surface area contributed by atoms with Crippen LogP contribution in [-0.4, -0.2) is 9.97 Å². The number of para-hydroxylation sites is 1. The maximum atomic E-state index is 14.2. The summed E-state index contributed by atoms with van der Waals surface area (Å²) in [6.45, 7) is 4.11. The third-order valence-electron chi connectivity index (χ3n) is 4.20. The van der Waals surface area contributed by atoms with E-state index in [0.29, 0.717) is 17.2 Å². The standard InChI is InChI=1S/C22H18FN3/c1-14-11-15(2)13-16(12-14)24-22-18-8-4-6-10-20(18)25-21(26-22)17-7-3-5-9-19(17)23/h3-13H,1-2H3,(H,24,25,26). The monoisotopic (exact) mass is 343 g/mol. The summed E-state index contributed by atoms with van der Waals surface area (Å²) < 4.78 is 14.2. The van der Waals surface area contributed by atoms with Crippen molar-refractivity contribution in [1.29, 1.82) is 0 Å². The maximum absolute atomic E-state index is 14.2. The summed E-state index contributed by atoms with van der Waals surface area (Å²) in [5, 5.41) is 4.28. The van der Waals surface area contributed by atoms with Crippen molar-refractivity contribution in [3.05, 3.63) is 83.7 Å². The molecule has 0 atom stereocenters. The minimum atomic E-state index is -0.333. The topological polar surface area (TPSA) is 37.8 Å². The fourth-order valence-electron chi connectivity index (χ4n) is 3.12. The van der Waals surface area contributed by atoms with E-state index in [0.717, 1.165) is 16.6 Å². The van der Waals surface area contributed by atoms with Crippen molar-refractivity contribution >= 4 is 22.4 Å². The van der Waals surface area contributed by atoms with Gasteiger partial charge in [-0.05, 0) is 61.4 Å². The largest absolute Gasteiger partial charge is 0.340 e. The molecule has 0 aliphatic rings. The van der Waals surface area contributed by atoms with Crippen molar-refractivity contribution in [2.75, 3.05) is 5.32 Å². The quantitative estimate of drug-likeness (QED) is 0.511. The van der Waals surface area contributed by atoms with Gasteiger partial charge in [0, 0.05) is 11.1 Å². The molecule has 0 fully saturated rings. The van der Waals surface area contributed by atoms with Crippen molar-refractivity contribution in [1.82, 2.24) is 9.97 Å². The van der Waals surface area contributed by atoms with Gasteiger partial charge >= 0.3 is 0 Å². The number of benzene rings is 3. The van der Waals surface area contributed by atoms with Crippen molar-refractivity contribution in [3.8, 4) is 11.4 Å². The first-order valence-electron chi connectivity index (χ1n) is 8.47. The van der Waals surface area contributed by atoms with Gasteiger partial charge in [-0.2, -0.15) is 0 Å². The molecule has 0 spiro atoms. The average Bonchev–Trinajstić information content (AvgIpc) is 2.61. The molecule has 1 aromatic heterocycles. The molecule has 26 heavy (non-hydrogen) atoms. The van der Waals surface area contributed by atoms with E-state index >= 15 is 0 Å². The van der Waals surface area contributed by atoms with E-state index in [9.17, 15) is 4.39 Å². The predicted molar refractivity (Wildman–Crippen MR) is 104 cm³/mol. The summed E-state index contributed by atoms with van der Waals surface area (Å²) >= 11 is 0. The van der Waals surface area contributed by atoms with E-state index < -0.39 is 0 Å². The van der Waals surface area contributed by atoms with E-state index in [2.05, 4.69) is 47.3 Å². The molecular formula is C22H18FN3. The molecule has 0 unspecified atom stereocenters. The minimum Gasteiger partial charge on any atom is -0.340 e. The minimum absolute atomic E-state index is 0.333. The lowest BCUT2D eigenvalue weighted by Gasteiger charge is -2.12. The second-order valence-corrected chi connectivity index (χ2v) is 6.39. The average molecular weight is 343 g/mol. The van der Waals surface area contributed by atoms with Crippen molar-refractivity contribution in [2.45, 2.75) is 13.8 Å². The first-order valence-corrected chi connectivity index (χ1v) is 8.47. The number of hydrogen-bond donors (Lipinski definition) is 1. The van der Waals surface area contributed by atoms with Gasteiger partial charge in [-0.15, -0.1) is 0 Å². The van der Waals surface area contributed by atoms with E-state index in [1.54, 1.807) is 18.2 Å². The zero-order valence-electron chi connectivity index (χ0n) is 14.6. The van der Waals surface area contributed by atoms with Crippen LogP contribution in [0.5, 0.6) is 0 Å². The molecule has 0 aliphatic carbocycles. The highest BCUT2D eigenvalue weighted by Gasteiger charge is 2.12. The number of nitrogens with one attached hydrogen (secondary N) is 1. The Balaban J connectivity index is 1.89.